The molecule has 0 saturated heterocycles. The van der Waals surface area contributed by atoms with Gasteiger partial charge in [0.15, 0.2) is 5.82 Å². The van der Waals surface area contributed by atoms with Gasteiger partial charge in [0, 0.05) is 20.2 Å². The molecule has 17 heavy (non-hydrogen) atoms. The van der Waals surface area contributed by atoms with Crippen molar-refractivity contribution in [3.8, 4) is 6.07 Å². The van der Waals surface area contributed by atoms with Crippen molar-refractivity contribution in [2.75, 3.05) is 31.7 Å². The average Bonchev–Trinajstić information content (AvgIpc) is 2.34. The van der Waals surface area contributed by atoms with Gasteiger partial charge in [0.1, 0.15) is 11.6 Å². The molecule has 0 aliphatic heterocycles. The number of aryl methyl sites for hydroxylation is 1. The van der Waals surface area contributed by atoms with E-state index in [4.69, 9.17) is 4.74 Å². The smallest absolute Gasteiger partial charge is 0.169 e. The van der Waals surface area contributed by atoms with Crippen LogP contribution >= 0.6 is 0 Å². The lowest BCUT2D eigenvalue weighted by Gasteiger charge is -2.22. The lowest BCUT2D eigenvalue weighted by atomic mass is 10.1. The average molecular weight is 234 g/mol. The van der Waals surface area contributed by atoms with Gasteiger partial charge in [0.2, 0.25) is 0 Å². The fourth-order valence-electron chi connectivity index (χ4n) is 1.57. The minimum atomic E-state index is 0.604. The van der Waals surface area contributed by atoms with Crippen molar-refractivity contribution in [2.24, 2.45) is 0 Å². The number of likely N-dealkylation sites (N-methyl/N-ethyl adjacent to an activating group) is 1. The summed E-state index contributed by atoms with van der Waals surface area (Å²) in [6.45, 7) is 7.86. The molecular formula is C12H18N4O. The first kappa shape index (κ1) is 13.4. The van der Waals surface area contributed by atoms with Crippen LogP contribution in [0.5, 0.6) is 0 Å². The minimum Gasteiger partial charge on any atom is -0.383 e. The van der Waals surface area contributed by atoms with Crippen molar-refractivity contribution in [1.29, 1.82) is 5.26 Å². The number of rotatable bonds is 5. The van der Waals surface area contributed by atoms with Crippen LogP contribution in [-0.4, -0.2) is 37.0 Å². The monoisotopic (exact) mass is 234 g/mol. The molecule has 0 aromatic carbocycles. The highest BCUT2D eigenvalue weighted by atomic mass is 16.5. The molecule has 1 aromatic heterocycles. The summed E-state index contributed by atoms with van der Waals surface area (Å²) in [4.78, 5) is 2.00. The molecule has 1 rings (SSSR count). The molecule has 0 fully saturated rings. The third kappa shape index (κ3) is 2.92. The first-order chi connectivity index (χ1) is 8.15. The number of nitriles is 1. The van der Waals surface area contributed by atoms with Crippen LogP contribution in [0.15, 0.2) is 0 Å². The van der Waals surface area contributed by atoms with Gasteiger partial charge >= 0.3 is 0 Å². The lowest BCUT2D eigenvalue weighted by Crippen LogP contribution is -2.29. The molecule has 0 unspecified atom stereocenters. The first-order valence-corrected chi connectivity index (χ1v) is 5.63. The van der Waals surface area contributed by atoms with E-state index in [-0.39, 0.29) is 0 Å². The maximum atomic E-state index is 9.22. The molecule has 0 radical (unpaired) electrons. The molecule has 5 heteroatoms. The Morgan fingerprint density at radius 3 is 2.59 bits per heavy atom. The number of anilines is 1. The van der Waals surface area contributed by atoms with Gasteiger partial charge in [-0.1, -0.05) is 0 Å². The zero-order chi connectivity index (χ0) is 12.8. The van der Waals surface area contributed by atoms with Crippen molar-refractivity contribution in [3.05, 3.63) is 16.8 Å². The van der Waals surface area contributed by atoms with E-state index in [1.165, 1.54) is 0 Å². The summed E-state index contributed by atoms with van der Waals surface area (Å²) in [5.74, 6) is 0.648. The molecule has 0 bridgehead atoms. The quantitative estimate of drug-likeness (QED) is 0.771. The van der Waals surface area contributed by atoms with Crippen LogP contribution in [0.1, 0.15) is 23.7 Å². The summed E-state index contributed by atoms with van der Waals surface area (Å²) in [6, 6.07) is 2.21. The summed E-state index contributed by atoms with van der Waals surface area (Å²) in [5, 5.41) is 17.4. The second kappa shape index (κ2) is 6.16. The molecule has 1 aromatic rings. The molecule has 0 amide bonds. The van der Waals surface area contributed by atoms with Crippen molar-refractivity contribution in [1.82, 2.24) is 10.2 Å². The molecule has 0 atom stereocenters. The normalized spacial score (nSPS) is 10.1. The van der Waals surface area contributed by atoms with E-state index in [0.717, 1.165) is 17.8 Å². The van der Waals surface area contributed by atoms with Crippen LogP contribution in [0.4, 0.5) is 5.82 Å². The van der Waals surface area contributed by atoms with Crippen LogP contribution in [0, 0.1) is 25.2 Å². The fourth-order valence-corrected chi connectivity index (χ4v) is 1.57. The molecule has 0 aliphatic carbocycles. The molecule has 1 heterocycles. The summed E-state index contributed by atoms with van der Waals surface area (Å²) < 4.78 is 5.05. The van der Waals surface area contributed by atoms with Crippen LogP contribution in [0.25, 0.3) is 0 Å². The highest BCUT2D eigenvalue weighted by Crippen LogP contribution is 2.20. The zero-order valence-corrected chi connectivity index (χ0v) is 10.8. The summed E-state index contributed by atoms with van der Waals surface area (Å²) in [7, 11) is 1.66. The van der Waals surface area contributed by atoms with E-state index >= 15 is 0 Å². The Morgan fingerprint density at radius 2 is 2.06 bits per heavy atom. The number of hydrogen-bond donors (Lipinski definition) is 0. The Kier molecular flexibility index (Phi) is 4.85. The van der Waals surface area contributed by atoms with Gasteiger partial charge in [-0.3, -0.25) is 0 Å². The van der Waals surface area contributed by atoms with E-state index in [2.05, 4.69) is 16.3 Å². The molecule has 0 N–H and O–H groups in total. The molecule has 0 aliphatic rings. The van der Waals surface area contributed by atoms with Crippen molar-refractivity contribution in [2.45, 2.75) is 20.8 Å². The number of methoxy groups -OCH3 is 1. The second-order valence-corrected chi connectivity index (χ2v) is 3.79. The van der Waals surface area contributed by atoms with Crippen molar-refractivity contribution < 1.29 is 4.74 Å². The predicted octanol–water partition coefficient (Wildman–Crippen LogP) is 1.44. The molecule has 0 spiro atoms. The van der Waals surface area contributed by atoms with Gasteiger partial charge in [-0.05, 0) is 26.3 Å². The maximum absolute atomic E-state index is 9.22. The Balaban J connectivity index is 3.11. The lowest BCUT2D eigenvalue weighted by molar-refractivity contribution is 0.205. The largest absolute Gasteiger partial charge is 0.383 e. The third-order valence-corrected chi connectivity index (χ3v) is 2.79. The highest BCUT2D eigenvalue weighted by molar-refractivity contribution is 5.57. The number of aromatic nitrogens is 2. The summed E-state index contributed by atoms with van der Waals surface area (Å²) >= 11 is 0. The summed E-state index contributed by atoms with van der Waals surface area (Å²) in [6.07, 6.45) is 0. The van der Waals surface area contributed by atoms with Crippen molar-refractivity contribution >= 4 is 5.82 Å². The first-order valence-electron chi connectivity index (χ1n) is 5.63. The topological polar surface area (TPSA) is 62.0 Å². The maximum Gasteiger partial charge on any atom is 0.169 e. The third-order valence-electron chi connectivity index (χ3n) is 2.79. The van der Waals surface area contributed by atoms with Crippen molar-refractivity contribution in [3.63, 3.8) is 0 Å². The molecular weight excluding hydrogens is 216 g/mol. The summed E-state index contributed by atoms with van der Waals surface area (Å²) in [5.41, 5.74) is 2.30. The molecule has 5 nitrogen and oxygen atoms in total. The van der Waals surface area contributed by atoms with E-state index in [1.807, 2.05) is 25.7 Å². The molecule has 92 valence electrons. The van der Waals surface area contributed by atoms with E-state index in [1.54, 1.807) is 7.11 Å². The Hall–Kier alpha value is -1.67. The fraction of sp³-hybridized carbons (Fsp3) is 0.583. The minimum absolute atomic E-state index is 0.604. The zero-order valence-electron chi connectivity index (χ0n) is 10.8. The van der Waals surface area contributed by atoms with E-state index < -0.39 is 0 Å². The van der Waals surface area contributed by atoms with Crippen LogP contribution in [0.3, 0.4) is 0 Å². The van der Waals surface area contributed by atoms with Gasteiger partial charge in [0.25, 0.3) is 0 Å². The SMILES string of the molecule is CCN(CCOC)c1nnc(C)c(C)c1C#N. The van der Waals surface area contributed by atoms with Crippen LogP contribution in [-0.2, 0) is 4.74 Å². The van der Waals surface area contributed by atoms with Gasteiger partial charge < -0.3 is 9.64 Å². The Labute approximate surface area is 102 Å². The molecule has 0 saturated carbocycles. The number of hydrogen-bond acceptors (Lipinski definition) is 5. The van der Waals surface area contributed by atoms with Gasteiger partial charge in [-0.25, -0.2) is 0 Å². The van der Waals surface area contributed by atoms with Gasteiger partial charge in [0.05, 0.1) is 12.3 Å². The van der Waals surface area contributed by atoms with Gasteiger partial charge in [-0.2, -0.15) is 10.4 Å². The van der Waals surface area contributed by atoms with E-state index in [9.17, 15) is 5.26 Å². The van der Waals surface area contributed by atoms with Crippen LogP contribution < -0.4 is 4.90 Å². The Morgan fingerprint density at radius 1 is 1.35 bits per heavy atom. The highest BCUT2D eigenvalue weighted by Gasteiger charge is 2.15. The van der Waals surface area contributed by atoms with E-state index in [0.29, 0.717) is 24.5 Å². The number of nitrogens with zero attached hydrogens (tertiary/aromatic N) is 4. The standard InChI is InChI=1S/C12H18N4O/c1-5-16(6-7-17-4)12-11(8-13)9(2)10(3)14-15-12/h5-7H2,1-4H3. The Bertz CT molecular complexity index is 425. The van der Waals surface area contributed by atoms with Crippen LogP contribution in [0.2, 0.25) is 0 Å². The predicted molar refractivity (Wildman–Crippen MR) is 66.0 cm³/mol. The number of ether oxygens (including phenoxy) is 1. The second-order valence-electron chi connectivity index (χ2n) is 3.79. The van der Waals surface area contributed by atoms with Gasteiger partial charge in [-0.15, -0.1) is 5.10 Å².